The molecular formula is C21H31N3O6. The number of carbonyl (C=O) groups excluding carboxylic acids is 1. The Hall–Kier alpha value is -2.58. The Kier molecular flexibility index (Phi) is 6.67. The molecule has 2 saturated carbocycles. The van der Waals surface area contributed by atoms with Gasteiger partial charge >= 0.3 is 11.7 Å². The fraction of sp³-hybridized carbons (Fsp3) is 0.714. The zero-order valence-corrected chi connectivity index (χ0v) is 17.6. The summed E-state index contributed by atoms with van der Waals surface area (Å²) in [5, 5.41) is 21.9. The highest BCUT2D eigenvalue weighted by Gasteiger charge is 2.35. The topological polar surface area (TPSA) is 131 Å². The van der Waals surface area contributed by atoms with E-state index in [2.05, 4.69) is 12.2 Å². The lowest BCUT2D eigenvalue weighted by molar-refractivity contribution is -0.135. The Labute approximate surface area is 174 Å². The number of nitrogens with one attached hydrogen (secondary N) is 1. The normalized spacial score (nSPS) is 25.1. The molecule has 3 rings (SSSR count). The molecule has 1 amide bonds. The average molecular weight is 421 g/mol. The minimum absolute atomic E-state index is 0.0783. The van der Waals surface area contributed by atoms with Crippen LogP contribution >= 0.6 is 0 Å². The van der Waals surface area contributed by atoms with E-state index in [0.29, 0.717) is 25.2 Å². The molecule has 3 N–H and O–H groups in total. The predicted molar refractivity (Wildman–Crippen MR) is 110 cm³/mol. The summed E-state index contributed by atoms with van der Waals surface area (Å²) in [6.07, 6.45) is 6.67. The molecule has 9 nitrogen and oxygen atoms in total. The van der Waals surface area contributed by atoms with Crippen molar-refractivity contribution in [2.45, 2.75) is 77.3 Å². The molecule has 2 aliphatic rings. The van der Waals surface area contributed by atoms with Gasteiger partial charge in [0.05, 0.1) is 0 Å². The van der Waals surface area contributed by atoms with E-state index in [-0.39, 0.29) is 18.0 Å². The predicted octanol–water partition coefficient (Wildman–Crippen LogP) is 2.03. The van der Waals surface area contributed by atoms with Gasteiger partial charge in [-0.15, -0.1) is 0 Å². The monoisotopic (exact) mass is 421 g/mol. The molecule has 1 aromatic heterocycles. The molecule has 1 aromatic rings. The fourth-order valence-electron chi connectivity index (χ4n) is 4.95. The standard InChI is InChI=1S/C21H31N3O6/c1-12-7-6-10-15(13(12)2)24-20(29)17(18(27)22-11-16(25)26)19(28)23(21(24)30)14-8-4-3-5-9-14/h12-15,29H,3-11H2,1-2H3,(H,22,27)(H,25,26). The number of aromatic hydroxyl groups is 1. The highest BCUT2D eigenvalue weighted by atomic mass is 16.4. The molecule has 2 aliphatic carbocycles. The van der Waals surface area contributed by atoms with Crippen LogP contribution in [0.5, 0.6) is 5.88 Å². The summed E-state index contributed by atoms with van der Waals surface area (Å²) in [6, 6.07) is -0.657. The maximum Gasteiger partial charge on any atom is 0.334 e. The van der Waals surface area contributed by atoms with E-state index in [1.165, 1.54) is 4.57 Å². The molecule has 0 radical (unpaired) electrons. The molecule has 2 fully saturated rings. The zero-order valence-electron chi connectivity index (χ0n) is 17.6. The Bertz CT molecular complexity index is 928. The van der Waals surface area contributed by atoms with Gasteiger partial charge in [0, 0.05) is 12.1 Å². The van der Waals surface area contributed by atoms with Crippen molar-refractivity contribution in [3.63, 3.8) is 0 Å². The Morgan fingerprint density at radius 3 is 2.30 bits per heavy atom. The molecule has 166 valence electrons. The molecule has 0 saturated heterocycles. The van der Waals surface area contributed by atoms with Crippen molar-refractivity contribution < 1.29 is 19.8 Å². The molecule has 0 aromatic carbocycles. The molecule has 3 atom stereocenters. The summed E-state index contributed by atoms with van der Waals surface area (Å²) in [5.74, 6) is -2.50. The first-order valence-corrected chi connectivity index (χ1v) is 10.8. The van der Waals surface area contributed by atoms with E-state index in [4.69, 9.17) is 5.11 Å². The molecule has 1 heterocycles. The number of nitrogens with zero attached hydrogens (tertiary/aromatic N) is 2. The number of rotatable bonds is 5. The van der Waals surface area contributed by atoms with Gasteiger partial charge in [0.15, 0.2) is 5.56 Å². The van der Waals surface area contributed by atoms with Gasteiger partial charge in [0.25, 0.3) is 11.5 Å². The molecule has 3 unspecified atom stereocenters. The molecule has 9 heteroatoms. The first-order valence-electron chi connectivity index (χ1n) is 10.8. The number of aliphatic carboxylic acids is 1. The maximum atomic E-state index is 13.4. The van der Waals surface area contributed by atoms with E-state index in [1.807, 2.05) is 6.92 Å². The Morgan fingerprint density at radius 2 is 1.67 bits per heavy atom. The van der Waals surface area contributed by atoms with E-state index < -0.39 is 41.1 Å². The van der Waals surface area contributed by atoms with Crippen molar-refractivity contribution in [2.24, 2.45) is 11.8 Å². The summed E-state index contributed by atoms with van der Waals surface area (Å²) >= 11 is 0. The van der Waals surface area contributed by atoms with E-state index in [1.54, 1.807) is 0 Å². The first-order chi connectivity index (χ1) is 14.2. The van der Waals surface area contributed by atoms with Gasteiger partial charge in [-0.3, -0.25) is 23.5 Å². The summed E-state index contributed by atoms with van der Waals surface area (Å²) in [6.45, 7) is 3.42. The minimum atomic E-state index is -1.27. The number of hydrogen-bond acceptors (Lipinski definition) is 5. The number of carbonyl (C=O) groups is 2. The lowest BCUT2D eigenvalue weighted by Crippen LogP contribution is -2.48. The van der Waals surface area contributed by atoms with Crippen LogP contribution in [0.2, 0.25) is 0 Å². The van der Waals surface area contributed by atoms with Crippen LogP contribution in [-0.4, -0.2) is 37.8 Å². The number of aromatic nitrogens is 2. The van der Waals surface area contributed by atoms with E-state index in [0.717, 1.165) is 36.7 Å². The van der Waals surface area contributed by atoms with Crippen LogP contribution in [-0.2, 0) is 4.79 Å². The SMILES string of the molecule is CC1CCCC(n2c(O)c(C(=O)NCC(=O)O)c(=O)n(C3CCCCC3)c2=O)C1C. The van der Waals surface area contributed by atoms with Gasteiger partial charge in [0.1, 0.15) is 6.54 Å². The summed E-state index contributed by atoms with van der Waals surface area (Å²) in [4.78, 5) is 50.1. The van der Waals surface area contributed by atoms with Gasteiger partial charge in [-0.25, -0.2) is 4.79 Å². The second-order valence-electron chi connectivity index (χ2n) is 8.73. The Balaban J connectivity index is 2.19. The van der Waals surface area contributed by atoms with Crippen molar-refractivity contribution >= 4 is 11.9 Å². The lowest BCUT2D eigenvalue weighted by atomic mass is 9.78. The maximum absolute atomic E-state index is 13.4. The van der Waals surface area contributed by atoms with Crippen molar-refractivity contribution in [3.05, 3.63) is 26.4 Å². The van der Waals surface area contributed by atoms with Gasteiger partial charge in [-0.05, 0) is 31.1 Å². The van der Waals surface area contributed by atoms with Crippen molar-refractivity contribution in [1.82, 2.24) is 14.5 Å². The minimum Gasteiger partial charge on any atom is -0.494 e. The average Bonchev–Trinajstić information content (AvgIpc) is 2.70. The smallest absolute Gasteiger partial charge is 0.334 e. The van der Waals surface area contributed by atoms with Gasteiger partial charge in [0.2, 0.25) is 5.88 Å². The Morgan fingerprint density at radius 1 is 1.00 bits per heavy atom. The van der Waals surface area contributed by atoms with Crippen molar-refractivity contribution in [2.75, 3.05) is 6.54 Å². The third-order valence-corrected chi connectivity index (χ3v) is 6.86. The lowest BCUT2D eigenvalue weighted by Gasteiger charge is -2.36. The van der Waals surface area contributed by atoms with Crippen molar-refractivity contribution in [1.29, 1.82) is 0 Å². The quantitative estimate of drug-likeness (QED) is 0.667. The molecular weight excluding hydrogens is 390 g/mol. The fourth-order valence-corrected chi connectivity index (χ4v) is 4.95. The van der Waals surface area contributed by atoms with Crippen LogP contribution < -0.4 is 16.6 Å². The van der Waals surface area contributed by atoms with Gasteiger partial charge < -0.3 is 15.5 Å². The first kappa shape index (κ1) is 22.1. The van der Waals surface area contributed by atoms with Crippen LogP contribution in [0.1, 0.15) is 87.7 Å². The van der Waals surface area contributed by atoms with Crippen molar-refractivity contribution in [3.8, 4) is 5.88 Å². The largest absolute Gasteiger partial charge is 0.494 e. The second-order valence-corrected chi connectivity index (χ2v) is 8.73. The summed E-state index contributed by atoms with van der Waals surface area (Å²) in [7, 11) is 0. The van der Waals surface area contributed by atoms with E-state index in [9.17, 15) is 24.3 Å². The van der Waals surface area contributed by atoms with Gasteiger partial charge in [-0.1, -0.05) is 46.0 Å². The third-order valence-electron chi connectivity index (χ3n) is 6.86. The van der Waals surface area contributed by atoms with Crippen LogP contribution in [0.3, 0.4) is 0 Å². The second kappa shape index (κ2) is 9.06. The van der Waals surface area contributed by atoms with Crippen LogP contribution in [0, 0.1) is 11.8 Å². The van der Waals surface area contributed by atoms with Crippen LogP contribution in [0.4, 0.5) is 0 Å². The number of carboxylic acid groups (broad SMARTS) is 1. The van der Waals surface area contributed by atoms with E-state index >= 15 is 0 Å². The van der Waals surface area contributed by atoms with Gasteiger partial charge in [-0.2, -0.15) is 0 Å². The summed E-state index contributed by atoms with van der Waals surface area (Å²) in [5.41, 5.74) is -1.97. The van der Waals surface area contributed by atoms with Crippen LogP contribution in [0.15, 0.2) is 9.59 Å². The molecule has 0 spiro atoms. The van der Waals surface area contributed by atoms with Crippen LogP contribution in [0.25, 0.3) is 0 Å². The highest BCUT2D eigenvalue weighted by molar-refractivity contribution is 5.97. The molecule has 0 bridgehead atoms. The molecule has 0 aliphatic heterocycles. The molecule has 30 heavy (non-hydrogen) atoms. The number of amides is 1. The zero-order chi connectivity index (χ0) is 22.0. The highest BCUT2D eigenvalue weighted by Crippen LogP contribution is 2.39. The number of carboxylic acids is 1. The third kappa shape index (κ3) is 4.15. The number of hydrogen-bond donors (Lipinski definition) is 3. The summed E-state index contributed by atoms with van der Waals surface area (Å²) < 4.78 is 2.34.